The molecule has 1 saturated carbocycles. The van der Waals surface area contributed by atoms with Crippen LogP contribution in [0.3, 0.4) is 0 Å². The summed E-state index contributed by atoms with van der Waals surface area (Å²) in [7, 11) is 0. The Morgan fingerprint density at radius 2 is 2.08 bits per heavy atom. The van der Waals surface area contributed by atoms with Gasteiger partial charge in [0.25, 0.3) is 0 Å². The standard InChI is InChI=1S/C9H19NOS/c1-12-7-6-11-8-9(10)4-2-3-5-9/h2-8,10H2,1H3. The van der Waals surface area contributed by atoms with Crippen molar-refractivity contribution in [3.8, 4) is 0 Å². The number of rotatable bonds is 5. The van der Waals surface area contributed by atoms with Crippen molar-refractivity contribution in [1.29, 1.82) is 0 Å². The van der Waals surface area contributed by atoms with Crippen molar-refractivity contribution in [2.45, 2.75) is 31.2 Å². The second-order valence-corrected chi connectivity index (χ2v) is 4.60. The van der Waals surface area contributed by atoms with Crippen LogP contribution in [0.5, 0.6) is 0 Å². The van der Waals surface area contributed by atoms with Crippen molar-refractivity contribution < 1.29 is 4.74 Å². The molecule has 2 N–H and O–H groups in total. The predicted octanol–water partition coefficient (Wildman–Crippen LogP) is 1.64. The van der Waals surface area contributed by atoms with Crippen LogP contribution in [0.2, 0.25) is 0 Å². The molecule has 0 aliphatic heterocycles. The average Bonchev–Trinajstić information content (AvgIpc) is 2.47. The average molecular weight is 189 g/mol. The van der Waals surface area contributed by atoms with Crippen LogP contribution in [0.15, 0.2) is 0 Å². The maximum Gasteiger partial charge on any atom is 0.0646 e. The van der Waals surface area contributed by atoms with Crippen molar-refractivity contribution in [1.82, 2.24) is 0 Å². The molecule has 0 aromatic carbocycles. The first kappa shape index (κ1) is 10.4. The third-order valence-electron chi connectivity index (χ3n) is 2.42. The molecule has 12 heavy (non-hydrogen) atoms. The first-order valence-electron chi connectivity index (χ1n) is 4.62. The van der Waals surface area contributed by atoms with Crippen LogP contribution in [0.4, 0.5) is 0 Å². The predicted molar refractivity (Wildman–Crippen MR) is 54.6 cm³/mol. The number of thioether (sulfide) groups is 1. The summed E-state index contributed by atoms with van der Waals surface area (Å²) >= 11 is 1.82. The van der Waals surface area contributed by atoms with E-state index in [-0.39, 0.29) is 5.54 Å². The van der Waals surface area contributed by atoms with Crippen LogP contribution in [-0.4, -0.2) is 30.8 Å². The molecule has 2 nitrogen and oxygen atoms in total. The fourth-order valence-corrected chi connectivity index (χ4v) is 1.93. The van der Waals surface area contributed by atoms with E-state index in [4.69, 9.17) is 10.5 Å². The summed E-state index contributed by atoms with van der Waals surface area (Å²) in [6.45, 7) is 1.60. The summed E-state index contributed by atoms with van der Waals surface area (Å²) in [4.78, 5) is 0. The van der Waals surface area contributed by atoms with Crippen molar-refractivity contribution >= 4 is 11.8 Å². The van der Waals surface area contributed by atoms with E-state index in [0.717, 1.165) is 31.8 Å². The molecule has 1 rings (SSSR count). The third kappa shape index (κ3) is 3.33. The molecule has 0 atom stereocenters. The van der Waals surface area contributed by atoms with Gasteiger partial charge in [0.1, 0.15) is 0 Å². The molecule has 0 bridgehead atoms. The number of ether oxygens (including phenoxy) is 1. The fourth-order valence-electron chi connectivity index (χ4n) is 1.64. The van der Waals surface area contributed by atoms with Crippen molar-refractivity contribution in [2.24, 2.45) is 5.73 Å². The SMILES string of the molecule is CSCCOCC1(N)CCCC1. The van der Waals surface area contributed by atoms with Gasteiger partial charge in [-0.25, -0.2) is 0 Å². The van der Waals surface area contributed by atoms with E-state index in [1.807, 2.05) is 11.8 Å². The van der Waals surface area contributed by atoms with Crippen LogP contribution in [0.25, 0.3) is 0 Å². The molecule has 3 heteroatoms. The lowest BCUT2D eigenvalue weighted by Gasteiger charge is -2.22. The van der Waals surface area contributed by atoms with E-state index in [9.17, 15) is 0 Å². The quantitative estimate of drug-likeness (QED) is 0.668. The van der Waals surface area contributed by atoms with Crippen LogP contribution in [0.1, 0.15) is 25.7 Å². The molecular weight excluding hydrogens is 170 g/mol. The molecule has 0 radical (unpaired) electrons. The molecular formula is C9H19NOS. The van der Waals surface area contributed by atoms with Gasteiger partial charge in [0, 0.05) is 11.3 Å². The van der Waals surface area contributed by atoms with Crippen LogP contribution >= 0.6 is 11.8 Å². The van der Waals surface area contributed by atoms with Crippen LogP contribution in [-0.2, 0) is 4.74 Å². The van der Waals surface area contributed by atoms with Gasteiger partial charge in [-0.2, -0.15) is 11.8 Å². The van der Waals surface area contributed by atoms with E-state index < -0.39 is 0 Å². The molecule has 1 aliphatic rings. The van der Waals surface area contributed by atoms with E-state index in [1.54, 1.807) is 0 Å². The number of nitrogens with two attached hydrogens (primary N) is 1. The van der Waals surface area contributed by atoms with E-state index in [1.165, 1.54) is 12.8 Å². The Balaban J connectivity index is 2.05. The number of hydrogen-bond acceptors (Lipinski definition) is 3. The van der Waals surface area contributed by atoms with Gasteiger partial charge in [-0.1, -0.05) is 12.8 Å². The number of hydrogen-bond donors (Lipinski definition) is 1. The highest BCUT2D eigenvalue weighted by molar-refractivity contribution is 7.98. The minimum absolute atomic E-state index is 0.0123. The minimum Gasteiger partial charge on any atom is -0.379 e. The Morgan fingerprint density at radius 3 is 2.67 bits per heavy atom. The highest BCUT2D eigenvalue weighted by Crippen LogP contribution is 2.27. The Bertz CT molecular complexity index is 124. The lowest BCUT2D eigenvalue weighted by molar-refractivity contribution is 0.0987. The summed E-state index contributed by atoms with van der Waals surface area (Å²) in [5, 5.41) is 0. The Hall–Kier alpha value is 0.270. The van der Waals surface area contributed by atoms with Gasteiger partial charge >= 0.3 is 0 Å². The van der Waals surface area contributed by atoms with Gasteiger partial charge < -0.3 is 10.5 Å². The van der Waals surface area contributed by atoms with E-state index >= 15 is 0 Å². The van der Waals surface area contributed by atoms with Gasteiger partial charge in [-0.05, 0) is 19.1 Å². The molecule has 0 aromatic rings. The summed E-state index contributed by atoms with van der Waals surface area (Å²) in [5.41, 5.74) is 6.12. The second kappa shape index (κ2) is 5.10. The van der Waals surface area contributed by atoms with E-state index in [2.05, 4.69) is 6.26 Å². The molecule has 0 spiro atoms. The molecule has 0 amide bonds. The zero-order valence-electron chi connectivity index (χ0n) is 7.84. The minimum atomic E-state index is 0.0123. The summed E-state index contributed by atoms with van der Waals surface area (Å²) < 4.78 is 5.52. The molecule has 72 valence electrons. The van der Waals surface area contributed by atoms with Crippen molar-refractivity contribution in [3.05, 3.63) is 0 Å². The monoisotopic (exact) mass is 189 g/mol. The second-order valence-electron chi connectivity index (χ2n) is 3.61. The van der Waals surface area contributed by atoms with Gasteiger partial charge in [0.15, 0.2) is 0 Å². The maximum absolute atomic E-state index is 6.11. The van der Waals surface area contributed by atoms with Gasteiger partial charge in [-0.3, -0.25) is 0 Å². The third-order valence-corrected chi connectivity index (χ3v) is 3.00. The summed E-state index contributed by atoms with van der Waals surface area (Å²) in [6.07, 6.45) is 6.94. The van der Waals surface area contributed by atoms with Crippen LogP contribution < -0.4 is 5.73 Å². The Kier molecular flexibility index (Phi) is 4.40. The zero-order chi connectivity index (χ0) is 8.86. The molecule has 0 saturated heterocycles. The topological polar surface area (TPSA) is 35.2 Å². The largest absolute Gasteiger partial charge is 0.379 e. The van der Waals surface area contributed by atoms with Crippen molar-refractivity contribution in [3.63, 3.8) is 0 Å². The highest BCUT2D eigenvalue weighted by Gasteiger charge is 2.29. The maximum atomic E-state index is 6.11. The van der Waals surface area contributed by atoms with Crippen LogP contribution in [0, 0.1) is 0 Å². The highest BCUT2D eigenvalue weighted by atomic mass is 32.2. The van der Waals surface area contributed by atoms with Gasteiger partial charge in [0.2, 0.25) is 0 Å². The molecule has 0 unspecified atom stereocenters. The molecule has 0 heterocycles. The van der Waals surface area contributed by atoms with Crippen molar-refractivity contribution in [2.75, 3.05) is 25.2 Å². The fraction of sp³-hybridized carbons (Fsp3) is 1.00. The Morgan fingerprint density at radius 1 is 1.42 bits per heavy atom. The molecule has 0 aromatic heterocycles. The lowest BCUT2D eigenvalue weighted by atomic mass is 10.0. The smallest absolute Gasteiger partial charge is 0.0646 e. The van der Waals surface area contributed by atoms with E-state index in [0.29, 0.717) is 0 Å². The zero-order valence-corrected chi connectivity index (χ0v) is 8.66. The molecule has 1 fully saturated rings. The Labute approximate surface area is 79.2 Å². The summed E-state index contributed by atoms with van der Waals surface area (Å²) in [6, 6.07) is 0. The van der Waals surface area contributed by atoms with Gasteiger partial charge in [-0.15, -0.1) is 0 Å². The molecule has 1 aliphatic carbocycles. The first-order chi connectivity index (χ1) is 5.77. The lowest BCUT2D eigenvalue weighted by Crippen LogP contribution is -2.41. The van der Waals surface area contributed by atoms with Gasteiger partial charge in [0.05, 0.1) is 13.2 Å². The summed E-state index contributed by atoms with van der Waals surface area (Å²) in [5.74, 6) is 1.08. The normalized spacial score (nSPS) is 21.5. The first-order valence-corrected chi connectivity index (χ1v) is 6.02.